The molecule has 42 heavy (non-hydrogen) atoms. The topological polar surface area (TPSA) is 42.8 Å². The van der Waals surface area contributed by atoms with Gasteiger partial charge in [0.25, 0.3) is 11.8 Å². The van der Waals surface area contributed by atoms with Crippen LogP contribution in [0.1, 0.15) is 0 Å². The van der Waals surface area contributed by atoms with Gasteiger partial charge in [-0.15, -0.1) is 0 Å². The van der Waals surface area contributed by atoms with Crippen LogP contribution in [0.25, 0.3) is 22.3 Å². The molecule has 6 aromatic rings. The third-order valence-electron chi connectivity index (χ3n) is 10.4. The van der Waals surface area contributed by atoms with Crippen molar-refractivity contribution in [2.45, 2.75) is 19.6 Å². The lowest BCUT2D eigenvalue weighted by Crippen LogP contribution is -2.98. The van der Waals surface area contributed by atoms with Crippen LogP contribution in [-0.4, -0.2) is 23.4 Å². The average Bonchev–Trinajstić information content (AvgIpc) is 3.56. The number of hydrogen-bond acceptors (Lipinski definition) is 5. The van der Waals surface area contributed by atoms with Crippen molar-refractivity contribution >= 4 is 81.4 Å². The fourth-order valence-electron chi connectivity index (χ4n) is 9.13. The van der Waals surface area contributed by atoms with Crippen LogP contribution in [0, 0.1) is 0 Å². The van der Waals surface area contributed by atoms with E-state index in [2.05, 4.69) is 82.4 Å². The van der Waals surface area contributed by atoms with Gasteiger partial charge in [-0.1, -0.05) is 47.8 Å². The molecule has 2 aromatic carbocycles. The van der Waals surface area contributed by atoms with Gasteiger partial charge in [-0.05, 0) is 46.3 Å². The summed E-state index contributed by atoms with van der Waals surface area (Å²) in [4.78, 5) is 15.1. The molecule has 0 aliphatic carbocycles. The lowest BCUT2D eigenvalue weighted by molar-refractivity contribution is -1.03. The number of benzene rings is 2. The van der Waals surface area contributed by atoms with Crippen LogP contribution in [0.15, 0.2) is 105 Å². The van der Waals surface area contributed by atoms with Crippen molar-refractivity contribution in [1.29, 1.82) is 0 Å². The monoisotopic (exact) mass is 570 g/mol. The fourth-order valence-corrected chi connectivity index (χ4v) is 11.4. The predicted molar refractivity (Wildman–Crippen MR) is 163 cm³/mol. The molecule has 4 aromatic heterocycles. The smallest absolute Gasteiger partial charge is 0.345 e. The van der Waals surface area contributed by atoms with Gasteiger partial charge in [0, 0.05) is 75.5 Å². The summed E-state index contributed by atoms with van der Waals surface area (Å²) in [6.07, 6.45) is 8.60. The molecule has 0 saturated carbocycles. The van der Waals surface area contributed by atoms with E-state index in [9.17, 15) is 0 Å². The zero-order chi connectivity index (χ0) is 26.6. The van der Waals surface area contributed by atoms with Gasteiger partial charge < -0.3 is 4.74 Å². The summed E-state index contributed by atoms with van der Waals surface area (Å²) in [6, 6.07) is 22.6. The summed E-state index contributed by atoms with van der Waals surface area (Å²) < 4.78 is 12.1. The van der Waals surface area contributed by atoms with Gasteiger partial charge in [0.2, 0.25) is 23.6 Å². The standard InChI is InChI=1S/C32H14B2N5OS2/c1-5-15-17-7-3-11-37-29(17)33-23(15)19(9-1)41-21-13-35-31-27(25(21)33)39(37)28-26-22(14-36-32(28)40-31)42-20-10-2-6-16-18-8-4-12-38(39)30(18)34(26)24(16)20/h1-14H/q+3. The summed E-state index contributed by atoms with van der Waals surface area (Å²) in [5, 5.41) is 0. The van der Waals surface area contributed by atoms with Gasteiger partial charge in [0.1, 0.15) is 0 Å². The van der Waals surface area contributed by atoms with Gasteiger partial charge in [0.15, 0.2) is 4.70 Å². The van der Waals surface area contributed by atoms with E-state index in [1.165, 1.54) is 74.9 Å². The molecule has 0 unspecified atom stereocenters. The Bertz CT molecular complexity index is 2280. The highest BCUT2D eigenvalue weighted by Gasteiger charge is 2.76. The normalized spacial score (nSPS) is 17.1. The van der Waals surface area contributed by atoms with E-state index in [-0.39, 0.29) is 13.4 Å². The summed E-state index contributed by atoms with van der Waals surface area (Å²) in [6.45, 7) is 0.269. The van der Waals surface area contributed by atoms with Crippen LogP contribution in [0.5, 0.6) is 11.8 Å². The quantitative estimate of drug-likeness (QED) is 0.156. The first kappa shape index (κ1) is 20.5. The van der Waals surface area contributed by atoms with E-state index in [4.69, 9.17) is 14.7 Å². The van der Waals surface area contributed by atoms with Crippen LogP contribution in [0.3, 0.4) is 0 Å². The summed E-state index contributed by atoms with van der Waals surface area (Å²) >= 11 is 3.69. The van der Waals surface area contributed by atoms with Gasteiger partial charge in [-0.25, -0.2) is 9.97 Å². The SMILES string of the molecule is c1cc2c3c(c1)-c1ccc[n+]4c1B3c1c(cnc3c1[N+]41c4c(ncc5c4B4c6c(cccc6-c6ccc[n+]1c64)S5)O3)S2. The molecule has 10 heteroatoms. The Kier molecular flexibility index (Phi) is 3.02. The Morgan fingerprint density at radius 2 is 1.07 bits per heavy atom. The van der Waals surface area contributed by atoms with Crippen molar-refractivity contribution < 1.29 is 14.1 Å². The van der Waals surface area contributed by atoms with Crippen molar-refractivity contribution in [3.63, 3.8) is 0 Å². The van der Waals surface area contributed by atoms with Gasteiger partial charge >= 0.3 is 24.8 Å². The first-order valence-corrected chi connectivity index (χ1v) is 15.8. The molecule has 0 saturated heterocycles. The maximum absolute atomic E-state index is 6.76. The Morgan fingerprint density at radius 3 is 1.60 bits per heavy atom. The minimum absolute atomic E-state index is 0.134. The van der Waals surface area contributed by atoms with E-state index in [0.29, 0.717) is 16.5 Å². The van der Waals surface area contributed by atoms with Crippen molar-refractivity contribution in [3.05, 3.63) is 85.5 Å². The third kappa shape index (κ3) is 1.81. The fraction of sp³-hybridized carbons (Fsp3) is 0. The molecule has 7 aliphatic heterocycles. The summed E-state index contributed by atoms with van der Waals surface area (Å²) in [7, 11) is 0. The highest BCUT2D eigenvalue weighted by atomic mass is 32.2. The lowest BCUT2D eigenvalue weighted by atomic mass is 9.38. The average molecular weight is 570 g/mol. The lowest BCUT2D eigenvalue weighted by Gasteiger charge is -2.39. The molecule has 0 amide bonds. The first-order valence-electron chi connectivity index (χ1n) is 14.2. The molecule has 0 radical (unpaired) electrons. The second-order valence-electron chi connectivity index (χ2n) is 11.9. The minimum atomic E-state index is 0.134. The summed E-state index contributed by atoms with van der Waals surface area (Å²) in [5.74, 6) is 1.29. The van der Waals surface area contributed by atoms with Gasteiger partial charge in [0.05, 0.1) is 0 Å². The molecule has 13 rings (SSSR count). The number of aromatic nitrogens is 4. The second-order valence-corrected chi connectivity index (χ2v) is 14.1. The van der Waals surface area contributed by atoms with Crippen LogP contribution < -0.4 is 51.8 Å². The number of quaternary nitrogens is 1. The Labute approximate surface area is 248 Å². The zero-order valence-corrected chi connectivity index (χ0v) is 23.3. The van der Waals surface area contributed by atoms with E-state index in [0.717, 1.165) is 11.4 Å². The molecule has 188 valence electrons. The molecule has 6 nitrogen and oxygen atoms in total. The highest BCUT2D eigenvalue weighted by Crippen LogP contribution is 2.53. The number of ether oxygens (including phenoxy) is 1. The molecule has 0 atom stereocenters. The molecule has 1 spiro atoms. The van der Waals surface area contributed by atoms with E-state index in [1.54, 1.807) is 0 Å². The Balaban J connectivity index is 1.32. The first-order chi connectivity index (χ1) is 20.8. The second kappa shape index (κ2) is 6.20. The predicted octanol–water partition coefficient (Wildman–Crippen LogP) is 1.27. The molecule has 0 bridgehead atoms. The zero-order valence-electron chi connectivity index (χ0n) is 21.7. The van der Waals surface area contributed by atoms with Crippen LogP contribution in [0.4, 0.5) is 11.4 Å². The molecule has 11 heterocycles. The number of pyridine rings is 4. The van der Waals surface area contributed by atoms with Crippen LogP contribution >= 0.6 is 23.5 Å². The molecule has 0 fully saturated rings. The largest absolute Gasteiger partial charge is 0.409 e. The Morgan fingerprint density at radius 1 is 0.571 bits per heavy atom. The van der Waals surface area contributed by atoms with Crippen molar-refractivity contribution in [2.24, 2.45) is 0 Å². The van der Waals surface area contributed by atoms with Crippen LogP contribution in [-0.2, 0) is 0 Å². The number of rotatable bonds is 0. The molecular weight excluding hydrogens is 556 g/mol. The van der Waals surface area contributed by atoms with Crippen molar-refractivity contribution in [1.82, 2.24) is 14.7 Å². The molecule has 0 N–H and O–H groups in total. The number of nitrogens with zero attached hydrogens (tertiary/aromatic N) is 5. The maximum Gasteiger partial charge on any atom is 0.345 e. The molecule has 7 aliphatic rings. The number of hydrogen-bond donors (Lipinski definition) is 0. The van der Waals surface area contributed by atoms with Crippen molar-refractivity contribution in [2.75, 3.05) is 0 Å². The number of fused-ring (bicyclic) bond motifs is 2. The van der Waals surface area contributed by atoms with Gasteiger partial charge in [-0.2, -0.15) is 0 Å². The third-order valence-corrected chi connectivity index (χ3v) is 12.6. The van der Waals surface area contributed by atoms with Gasteiger partial charge in [-0.3, -0.25) is 0 Å². The van der Waals surface area contributed by atoms with Crippen LogP contribution in [0.2, 0.25) is 0 Å². The van der Waals surface area contributed by atoms with E-state index >= 15 is 0 Å². The summed E-state index contributed by atoms with van der Waals surface area (Å²) in [5.41, 5.74) is 15.6. The van der Waals surface area contributed by atoms with Crippen molar-refractivity contribution in [3.8, 4) is 34.0 Å². The molecular formula is C32H14B2N5OS2+3. The van der Waals surface area contributed by atoms with E-state index in [1.807, 2.05) is 35.9 Å². The highest BCUT2D eigenvalue weighted by molar-refractivity contribution is 8.00. The van der Waals surface area contributed by atoms with E-state index < -0.39 is 0 Å². The Hall–Kier alpha value is -4.37. The minimum Gasteiger partial charge on any atom is -0.409 e. The maximum atomic E-state index is 6.76.